The van der Waals surface area contributed by atoms with Gasteiger partial charge in [-0.15, -0.1) is 11.8 Å². The number of nitrogens with zero attached hydrogens (tertiary/aromatic N) is 1. The normalized spacial score (nSPS) is 30.7. The molecule has 6 rings (SSSR count). The number of thioether (sulfide) groups is 1. The maximum atomic E-state index is 13.6. The second-order valence-corrected chi connectivity index (χ2v) is 13.8. The van der Waals surface area contributed by atoms with Crippen LogP contribution in [0.25, 0.3) is 0 Å². The molecule has 38 heavy (non-hydrogen) atoms. The van der Waals surface area contributed by atoms with Gasteiger partial charge < -0.3 is 30.1 Å². The van der Waals surface area contributed by atoms with Crippen LogP contribution in [-0.4, -0.2) is 63.2 Å². The number of carboxylic acid groups (broad SMARTS) is 1. The Labute approximate surface area is 227 Å². The molecule has 1 aromatic rings. The van der Waals surface area contributed by atoms with Crippen molar-refractivity contribution in [2.75, 3.05) is 13.2 Å². The van der Waals surface area contributed by atoms with Gasteiger partial charge in [0.2, 0.25) is 11.7 Å². The van der Waals surface area contributed by atoms with Crippen LogP contribution in [0.2, 0.25) is 0 Å². The van der Waals surface area contributed by atoms with Crippen LogP contribution in [0.4, 0.5) is 0 Å². The molecular formula is C27H39N3O7S. The lowest BCUT2D eigenvalue weighted by molar-refractivity contribution is -0.140. The molecule has 2 amide bonds. The Morgan fingerprint density at radius 3 is 2.45 bits per heavy atom. The average Bonchev–Trinajstić information content (AvgIpc) is 3.25. The summed E-state index contributed by atoms with van der Waals surface area (Å²) in [6.45, 7) is 2.79. The number of aliphatic hydroxyl groups is 1. The highest BCUT2D eigenvalue weighted by atomic mass is 32.2. The quantitative estimate of drug-likeness (QED) is 0.344. The van der Waals surface area contributed by atoms with Crippen LogP contribution in [-0.2, 0) is 9.59 Å². The van der Waals surface area contributed by atoms with E-state index in [4.69, 9.17) is 14.4 Å². The van der Waals surface area contributed by atoms with Crippen LogP contribution in [0.15, 0.2) is 9.42 Å². The Bertz CT molecular complexity index is 1050. The molecule has 1 heterocycles. The first-order valence-corrected chi connectivity index (χ1v) is 14.7. The third-order valence-electron chi connectivity index (χ3n) is 8.79. The van der Waals surface area contributed by atoms with E-state index in [-0.39, 0.29) is 42.0 Å². The number of amides is 2. The van der Waals surface area contributed by atoms with Crippen molar-refractivity contribution >= 4 is 29.5 Å². The van der Waals surface area contributed by atoms with E-state index >= 15 is 0 Å². The number of hydrogen-bond acceptors (Lipinski definition) is 8. The molecule has 1 aromatic heterocycles. The van der Waals surface area contributed by atoms with Crippen molar-refractivity contribution in [3.63, 3.8) is 0 Å². The number of ether oxygens (including phenoxy) is 1. The Hall–Kier alpha value is -2.27. The minimum Gasteiger partial charge on any atom is -0.480 e. The molecule has 2 unspecified atom stereocenters. The zero-order chi connectivity index (χ0) is 27.1. The van der Waals surface area contributed by atoms with Crippen molar-refractivity contribution in [2.24, 2.45) is 23.2 Å². The molecule has 0 spiro atoms. The highest BCUT2D eigenvalue weighted by molar-refractivity contribution is 8.00. The Morgan fingerprint density at radius 1 is 1.13 bits per heavy atom. The van der Waals surface area contributed by atoms with E-state index in [2.05, 4.69) is 15.8 Å². The largest absolute Gasteiger partial charge is 0.480 e. The second kappa shape index (κ2) is 10.7. The molecule has 5 aliphatic rings. The van der Waals surface area contributed by atoms with Crippen LogP contribution in [0.1, 0.15) is 88.6 Å². The van der Waals surface area contributed by atoms with Crippen molar-refractivity contribution in [3.05, 3.63) is 5.76 Å². The molecule has 5 aliphatic carbocycles. The topological polar surface area (TPSA) is 151 Å². The van der Waals surface area contributed by atoms with Crippen LogP contribution in [0.3, 0.4) is 0 Å². The summed E-state index contributed by atoms with van der Waals surface area (Å²) in [5.74, 6) is -0.478. The first kappa shape index (κ1) is 27.3. The highest BCUT2D eigenvalue weighted by Gasteiger charge is 2.55. The van der Waals surface area contributed by atoms with Crippen molar-refractivity contribution in [1.82, 2.24) is 15.8 Å². The van der Waals surface area contributed by atoms with Crippen LogP contribution < -0.4 is 15.4 Å². The Morgan fingerprint density at radius 2 is 1.82 bits per heavy atom. The number of hydrogen-bond donors (Lipinski definition) is 4. The zero-order valence-corrected chi connectivity index (χ0v) is 23.0. The molecule has 5 saturated carbocycles. The number of aliphatic carboxylic acids is 1. The molecular weight excluding hydrogens is 510 g/mol. The summed E-state index contributed by atoms with van der Waals surface area (Å²) in [6.07, 6.45) is 9.97. The zero-order valence-electron chi connectivity index (χ0n) is 22.2. The second-order valence-electron chi connectivity index (χ2n) is 12.5. The Balaban J connectivity index is 1.30. The lowest BCUT2D eigenvalue weighted by Crippen LogP contribution is -2.61. The smallest absolute Gasteiger partial charge is 0.322 e. The maximum Gasteiger partial charge on any atom is 0.322 e. The van der Waals surface area contributed by atoms with Crippen LogP contribution in [0, 0.1) is 23.2 Å². The molecule has 0 saturated heterocycles. The fourth-order valence-electron chi connectivity index (χ4n) is 7.10. The lowest BCUT2D eigenvalue weighted by Gasteiger charge is -2.58. The molecule has 4 bridgehead atoms. The van der Waals surface area contributed by atoms with E-state index in [1.807, 2.05) is 0 Å². The predicted octanol–water partition coefficient (Wildman–Crippen LogP) is 3.37. The maximum absolute atomic E-state index is 13.6. The lowest BCUT2D eigenvalue weighted by atomic mass is 9.52. The highest BCUT2D eigenvalue weighted by Crippen LogP contribution is 2.55. The minimum atomic E-state index is -1.12. The first-order chi connectivity index (χ1) is 18.0. The van der Waals surface area contributed by atoms with E-state index < -0.39 is 29.4 Å². The van der Waals surface area contributed by atoms with Gasteiger partial charge in [-0.05, 0) is 81.7 Å². The van der Waals surface area contributed by atoms with Crippen molar-refractivity contribution in [3.8, 4) is 5.88 Å². The van der Waals surface area contributed by atoms with Gasteiger partial charge in [-0.3, -0.25) is 14.4 Å². The molecule has 11 heteroatoms. The minimum absolute atomic E-state index is 0.0122. The third kappa shape index (κ3) is 5.83. The number of carbonyl (C=O) groups excluding carboxylic acids is 2. The van der Waals surface area contributed by atoms with E-state index in [1.165, 1.54) is 6.42 Å². The summed E-state index contributed by atoms with van der Waals surface area (Å²) in [5.41, 5.74) is -1.60. The van der Waals surface area contributed by atoms with Crippen LogP contribution >= 0.6 is 11.8 Å². The summed E-state index contributed by atoms with van der Waals surface area (Å²) in [4.78, 5) is 37.4. The summed E-state index contributed by atoms with van der Waals surface area (Å²) in [7, 11) is 0. The van der Waals surface area contributed by atoms with Crippen LogP contribution in [0.5, 0.6) is 5.88 Å². The molecule has 0 radical (unpaired) electrons. The van der Waals surface area contributed by atoms with Gasteiger partial charge in [0.05, 0.1) is 11.0 Å². The molecule has 2 atom stereocenters. The van der Waals surface area contributed by atoms with Gasteiger partial charge in [-0.1, -0.05) is 19.3 Å². The van der Waals surface area contributed by atoms with E-state index in [0.717, 1.165) is 57.8 Å². The van der Waals surface area contributed by atoms with E-state index in [1.54, 1.807) is 25.6 Å². The van der Waals surface area contributed by atoms with Gasteiger partial charge in [-0.25, -0.2) is 0 Å². The number of aromatic nitrogens is 1. The fourth-order valence-corrected chi connectivity index (χ4v) is 8.44. The molecule has 0 aliphatic heterocycles. The standard InChI is InChI=1S/C27H39N3O7S/c1-26(2,25(34)28-13-19(31)32)14-36-24-22(38-18-6-4-3-5-7-18)21(37-30-24)23(33)29-20-16-8-15-9-17(20)12-27(35,10-15)11-16/h15-18,20,35H,3-14H2,1-2H3,(H,28,34)(H,29,33)(H,31,32). The Kier molecular flexibility index (Phi) is 7.70. The van der Waals surface area contributed by atoms with Gasteiger partial charge in [0, 0.05) is 11.3 Å². The number of carbonyl (C=O) groups is 3. The fraction of sp³-hybridized carbons (Fsp3) is 0.778. The SMILES string of the molecule is CC(C)(COc1noc(C(=O)NC2C3CC4CC2CC(O)(C4)C3)c1SC1CCCCC1)C(=O)NCC(=O)O. The van der Waals surface area contributed by atoms with Gasteiger partial charge in [0.15, 0.2) is 0 Å². The number of nitrogens with one attached hydrogen (secondary N) is 2. The molecule has 4 N–H and O–H groups in total. The van der Waals surface area contributed by atoms with Gasteiger partial charge in [0.25, 0.3) is 11.8 Å². The third-order valence-corrected chi connectivity index (χ3v) is 10.2. The van der Waals surface area contributed by atoms with E-state index in [0.29, 0.717) is 16.1 Å². The van der Waals surface area contributed by atoms with Gasteiger partial charge in [0.1, 0.15) is 18.0 Å². The molecule has 210 valence electrons. The first-order valence-electron chi connectivity index (χ1n) is 13.9. The molecule has 0 aromatic carbocycles. The van der Waals surface area contributed by atoms with E-state index in [9.17, 15) is 19.5 Å². The van der Waals surface area contributed by atoms with Gasteiger partial charge in [-0.2, -0.15) is 0 Å². The molecule has 10 nitrogen and oxygen atoms in total. The number of carboxylic acids is 1. The molecule has 5 fully saturated rings. The van der Waals surface area contributed by atoms with Crippen molar-refractivity contribution < 1.29 is 33.9 Å². The van der Waals surface area contributed by atoms with Crippen molar-refractivity contribution in [1.29, 1.82) is 0 Å². The summed E-state index contributed by atoms with van der Waals surface area (Å²) >= 11 is 1.56. The average molecular weight is 550 g/mol. The predicted molar refractivity (Wildman–Crippen MR) is 139 cm³/mol. The van der Waals surface area contributed by atoms with Crippen molar-refractivity contribution in [2.45, 2.75) is 99.8 Å². The summed E-state index contributed by atoms with van der Waals surface area (Å²) < 4.78 is 11.5. The monoisotopic (exact) mass is 549 g/mol. The van der Waals surface area contributed by atoms with Gasteiger partial charge >= 0.3 is 5.97 Å². The number of rotatable bonds is 10. The summed E-state index contributed by atoms with van der Waals surface area (Å²) in [6, 6.07) is 0.0122. The summed E-state index contributed by atoms with van der Waals surface area (Å²) in [5, 5.41) is 29.8.